The van der Waals surface area contributed by atoms with E-state index in [2.05, 4.69) is 31.4 Å². The lowest BCUT2D eigenvalue weighted by Gasteiger charge is -2.18. The third kappa shape index (κ3) is 5.12. The lowest BCUT2D eigenvalue weighted by molar-refractivity contribution is 0.492. The van der Waals surface area contributed by atoms with Crippen LogP contribution >= 0.6 is 12.2 Å². The number of hydrogen-bond donors (Lipinski definition) is 2. The molecule has 0 aliphatic heterocycles. The average Bonchev–Trinajstić information content (AvgIpc) is 2.17. The van der Waals surface area contributed by atoms with Crippen molar-refractivity contribution in [2.24, 2.45) is 5.92 Å². The lowest BCUT2D eigenvalue weighted by atomic mass is 10.1. The van der Waals surface area contributed by atoms with E-state index < -0.39 is 0 Å². The Bertz CT molecular complexity index is 322. The molecule has 0 aliphatic rings. The highest BCUT2D eigenvalue weighted by Crippen LogP contribution is 2.06. The number of nitrogens with one attached hydrogen (secondary N) is 2. The van der Waals surface area contributed by atoms with Crippen LogP contribution in [0, 0.1) is 5.92 Å². The van der Waals surface area contributed by atoms with E-state index in [4.69, 9.17) is 12.2 Å². The predicted molar refractivity (Wildman–Crippen MR) is 74.7 cm³/mol. The van der Waals surface area contributed by atoms with Gasteiger partial charge in [-0.2, -0.15) is 0 Å². The summed E-state index contributed by atoms with van der Waals surface area (Å²) in [6.45, 7) is 6.58. The van der Waals surface area contributed by atoms with Gasteiger partial charge in [-0.05, 0) is 43.6 Å². The van der Waals surface area contributed by atoms with Crippen LogP contribution in [0.15, 0.2) is 30.3 Å². The summed E-state index contributed by atoms with van der Waals surface area (Å²) < 4.78 is 0. The van der Waals surface area contributed by atoms with Crippen LogP contribution in [0.3, 0.4) is 0 Å². The summed E-state index contributed by atoms with van der Waals surface area (Å²) in [6, 6.07) is 10.4. The van der Waals surface area contributed by atoms with Gasteiger partial charge in [0, 0.05) is 11.7 Å². The van der Waals surface area contributed by atoms with Crippen molar-refractivity contribution < 1.29 is 0 Å². The van der Waals surface area contributed by atoms with E-state index >= 15 is 0 Å². The lowest BCUT2D eigenvalue weighted by Crippen LogP contribution is -2.36. The second-order valence-corrected chi connectivity index (χ2v) is 4.90. The molecule has 0 saturated heterocycles. The molecule has 0 fully saturated rings. The van der Waals surface area contributed by atoms with Gasteiger partial charge in [0.25, 0.3) is 0 Å². The van der Waals surface area contributed by atoms with Gasteiger partial charge in [0.2, 0.25) is 0 Å². The highest BCUT2D eigenvalue weighted by molar-refractivity contribution is 7.80. The quantitative estimate of drug-likeness (QED) is 0.783. The minimum absolute atomic E-state index is 0.406. The molecule has 0 spiro atoms. The van der Waals surface area contributed by atoms with Crippen LogP contribution in [0.5, 0.6) is 0 Å². The largest absolute Gasteiger partial charge is 0.360 e. The fourth-order valence-electron chi connectivity index (χ4n) is 1.68. The molecule has 88 valence electrons. The molecular weight excluding hydrogens is 216 g/mol. The van der Waals surface area contributed by atoms with Gasteiger partial charge >= 0.3 is 0 Å². The molecule has 1 unspecified atom stereocenters. The van der Waals surface area contributed by atoms with Gasteiger partial charge in [-0.15, -0.1) is 0 Å². The monoisotopic (exact) mass is 236 g/mol. The maximum absolute atomic E-state index is 5.24. The predicted octanol–water partition coefficient (Wildman–Crippen LogP) is 3.41. The number of rotatable bonds is 4. The highest BCUT2D eigenvalue weighted by Gasteiger charge is 2.06. The third-order valence-corrected chi connectivity index (χ3v) is 2.45. The summed E-state index contributed by atoms with van der Waals surface area (Å²) in [7, 11) is 0. The van der Waals surface area contributed by atoms with Crippen molar-refractivity contribution in [1.29, 1.82) is 0 Å². The summed E-state index contributed by atoms with van der Waals surface area (Å²) in [5, 5.41) is 7.14. The number of anilines is 1. The first-order chi connectivity index (χ1) is 7.58. The number of thiocarbonyl (C=S) groups is 1. The number of para-hydroxylation sites is 1. The summed E-state index contributed by atoms with van der Waals surface area (Å²) in [5.74, 6) is 0.682. The second kappa shape index (κ2) is 6.48. The van der Waals surface area contributed by atoms with Crippen molar-refractivity contribution in [2.45, 2.75) is 33.2 Å². The summed E-state index contributed by atoms with van der Waals surface area (Å²) in [4.78, 5) is 0. The fourth-order valence-corrected chi connectivity index (χ4v) is 2.00. The number of benzene rings is 1. The van der Waals surface area contributed by atoms with E-state index in [9.17, 15) is 0 Å². The Morgan fingerprint density at radius 1 is 1.19 bits per heavy atom. The van der Waals surface area contributed by atoms with Gasteiger partial charge in [-0.25, -0.2) is 0 Å². The van der Waals surface area contributed by atoms with E-state index in [-0.39, 0.29) is 0 Å². The van der Waals surface area contributed by atoms with E-state index in [1.807, 2.05) is 30.3 Å². The van der Waals surface area contributed by atoms with Gasteiger partial charge < -0.3 is 10.6 Å². The molecule has 16 heavy (non-hydrogen) atoms. The minimum atomic E-state index is 0.406. The first-order valence-corrected chi connectivity index (χ1v) is 6.11. The SMILES string of the molecule is CC(C)CC(C)NC(=S)Nc1ccccc1. The Balaban J connectivity index is 2.36. The maximum atomic E-state index is 5.24. The van der Waals surface area contributed by atoms with Gasteiger partial charge in [-0.1, -0.05) is 32.0 Å². The second-order valence-electron chi connectivity index (χ2n) is 4.50. The Hall–Kier alpha value is -1.09. The highest BCUT2D eigenvalue weighted by atomic mass is 32.1. The number of hydrogen-bond acceptors (Lipinski definition) is 1. The van der Waals surface area contributed by atoms with E-state index in [0.29, 0.717) is 17.1 Å². The fraction of sp³-hybridized carbons (Fsp3) is 0.462. The molecule has 3 heteroatoms. The van der Waals surface area contributed by atoms with Crippen molar-refractivity contribution >= 4 is 23.0 Å². The molecule has 2 N–H and O–H groups in total. The zero-order chi connectivity index (χ0) is 12.0. The Morgan fingerprint density at radius 3 is 2.38 bits per heavy atom. The third-order valence-electron chi connectivity index (χ3n) is 2.23. The molecule has 1 atom stereocenters. The zero-order valence-electron chi connectivity index (χ0n) is 10.2. The van der Waals surface area contributed by atoms with Crippen molar-refractivity contribution in [3.8, 4) is 0 Å². The van der Waals surface area contributed by atoms with Gasteiger partial charge in [0.1, 0.15) is 0 Å². The maximum Gasteiger partial charge on any atom is 0.170 e. The Labute approximate surface area is 103 Å². The first-order valence-electron chi connectivity index (χ1n) is 5.70. The standard InChI is InChI=1S/C13H20N2S/c1-10(2)9-11(3)14-13(16)15-12-7-5-4-6-8-12/h4-8,10-11H,9H2,1-3H3,(H2,14,15,16). The minimum Gasteiger partial charge on any atom is -0.360 e. The molecule has 1 rings (SSSR count). The summed E-state index contributed by atoms with van der Waals surface area (Å²) >= 11 is 5.24. The topological polar surface area (TPSA) is 24.1 Å². The smallest absolute Gasteiger partial charge is 0.170 e. The molecule has 0 saturated carbocycles. The van der Waals surface area contributed by atoms with Crippen molar-refractivity contribution in [3.05, 3.63) is 30.3 Å². The van der Waals surface area contributed by atoms with E-state index in [1.165, 1.54) is 0 Å². The van der Waals surface area contributed by atoms with Gasteiger partial charge in [0.15, 0.2) is 5.11 Å². The van der Waals surface area contributed by atoms with Crippen LogP contribution < -0.4 is 10.6 Å². The van der Waals surface area contributed by atoms with E-state index in [1.54, 1.807) is 0 Å². The van der Waals surface area contributed by atoms with Gasteiger partial charge in [-0.3, -0.25) is 0 Å². The van der Waals surface area contributed by atoms with Crippen LogP contribution in [0.4, 0.5) is 5.69 Å². The van der Waals surface area contributed by atoms with Crippen LogP contribution in [0.25, 0.3) is 0 Å². The molecule has 0 aromatic heterocycles. The normalized spacial score (nSPS) is 12.2. The Kier molecular flexibility index (Phi) is 5.26. The Morgan fingerprint density at radius 2 is 1.81 bits per heavy atom. The zero-order valence-corrected chi connectivity index (χ0v) is 11.0. The van der Waals surface area contributed by atoms with Crippen molar-refractivity contribution in [1.82, 2.24) is 5.32 Å². The molecule has 0 bridgehead atoms. The summed E-state index contributed by atoms with van der Waals surface area (Å²) in [6.07, 6.45) is 1.12. The molecule has 2 nitrogen and oxygen atoms in total. The van der Waals surface area contributed by atoms with Crippen LogP contribution in [0.2, 0.25) is 0 Å². The van der Waals surface area contributed by atoms with Gasteiger partial charge in [0.05, 0.1) is 0 Å². The average molecular weight is 236 g/mol. The molecule has 0 radical (unpaired) electrons. The molecule has 0 aliphatic carbocycles. The van der Waals surface area contributed by atoms with Crippen LogP contribution in [-0.2, 0) is 0 Å². The molecule has 1 aromatic carbocycles. The van der Waals surface area contributed by atoms with Crippen molar-refractivity contribution in [2.75, 3.05) is 5.32 Å². The molecule has 0 amide bonds. The molecular formula is C13H20N2S. The van der Waals surface area contributed by atoms with E-state index in [0.717, 1.165) is 12.1 Å². The van der Waals surface area contributed by atoms with Crippen molar-refractivity contribution in [3.63, 3.8) is 0 Å². The molecule has 1 aromatic rings. The molecule has 0 heterocycles. The van der Waals surface area contributed by atoms with Crippen LogP contribution in [-0.4, -0.2) is 11.2 Å². The first kappa shape index (κ1) is 13.0. The summed E-state index contributed by atoms with van der Waals surface area (Å²) in [5.41, 5.74) is 1.02. The van der Waals surface area contributed by atoms with Crippen LogP contribution in [0.1, 0.15) is 27.2 Å².